The average molecular weight is 244 g/mol. The molecule has 0 aromatic heterocycles. The first-order valence-corrected chi connectivity index (χ1v) is 7.54. The Morgan fingerprint density at radius 1 is 1.44 bits per heavy atom. The van der Waals surface area contributed by atoms with Gasteiger partial charge < -0.3 is 5.73 Å². The zero-order valence-corrected chi connectivity index (χ0v) is 12.3. The molecule has 1 aliphatic rings. The van der Waals surface area contributed by atoms with Crippen LogP contribution in [0, 0.1) is 5.92 Å². The molecule has 0 bridgehead atoms. The van der Waals surface area contributed by atoms with Gasteiger partial charge in [0.1, 0.15) is 0 Å². The molecule has 0 amide bonds. The normalized spacial score (nSPS) is 31.7. The van der Waals surface area contributed by atoms with Crippen LogP contribution in [0.1, 0.15) is 41.0 Å². The minimum absolute atomic E-state index is 0.183. The molecule has 0 radical (unpaired) electrons. The molecule has 2 N–H and O–H groups in total. The lowest BCUT2D eigenvalue weighted by molar-refractivity contribution is 0.0544. The van der Waals surface area contributed by atoms with Crippen molar-refractivity contribution < 1.29 is 0 Å². The van der Waals surface area contributed by atoms with Gasteiger partial charge in [0.05, 0.1) is 0 Å². The van der Waals surface area contributed by atoms with E-state index in [0.29, 0.717) is 12.0 Å². The van der Waals surface area contributed by atoms with Gasteiger partial charge in [0, 0.05) is 35.7 Å². The van der Waals surface area contributed by atoms with Crippen LogP contribution < -0.4 is 5.73 Å². The molecule has 0 aromatic carbocycles. The first-order chi connectivity index (χ1) is 7.40. The lowest BCUT2D eigenvalue weighted by Gasteiger charge is -2.49. The maximum atomic E-state index is 6.05. The van der Waals surface area contributed by atoms with E-state index in [0.717, 1.165) is 11.8 Å². The summed E-state index contributed by atoms with van der Waals surface area (Å²) in [6.45, 7) is 13.6. The Morgan fingerprint density at radius 2 is 2.06 bits per heavy atom. The van der Waals surface area contributed by atoms with Gasteiger partial charge in [-0.05, 0) is 26.2 Å². The molecule has 1 heterocycles. The second kappa shape index (κ2) is 5.74. The summed E-state index contributed by atoms with van der Waals surface area (Å²) in [5.74, 6) is 1.96. The lowest BCUT2D eigenvalue weighted by atomic mass is 9.87. The summed E-state index contributed by atoms with van der Waals surface area (Å²) in [6.07, 6.45) is 1.20. The van der Waals surface area contributed by atoms with Crippen molar-refractivity contribution in [2.24, 2.45) is 11.7 Å². The van der Waals surface area contributed by atoms with Crippen molar-refractivity contribution in [3.05, 3.63) is 0 Å². The number of hydrogen-bond donors (Lipinski definition) is 1. The summed E-state index contributed by atoms with van der Waals surface area (Å²) in [5.41, 5.74) is 6.23. The standard InChI is InChI=1S/C13H28N2S/c1-10(2)8-13(5,9-14)15-6-7-16-12(4)11(15)3/h10-12H,6-9,14H2,1-5H3. The second-order valence-electron chi connectivity index (χ2n) is 5.81. The van der Waals surface area contributed by atoms with Crippen LogP contribution >= 0.6 is 11.8 Å². The monoisotopic (exact) mass is 244 g/mol. The molecule has 1 aliphatic heterocycles. The van der Waals surface area contributed by atoms with Gasteiger partial charge in [0.15, 0.2) is 0 Å². The third-order valence-electron chi connectivity index (χ3n) is 3.87. The van der Waals surface area contributed by atoms with Gasteiger partial charge in [0.2, 0.25) is 0 Å². The highest BCUT2D eigenvalue weighted by Gasteiger charge is 2.38. The van der Waals surface area contributed by atoms with E-state index < -0.39 is 0 Å². The SMILES string of the molecule is CC(C)CC(C)(CN)N1CCSC(C)C1C. The molecule has 3 atom stereocenters. The van der Waals surface area contributed by atoms with Gasteiger partial charge in [-0.3, -0.25) is 4.90 Å². The molecule has 0 saturated carbocycles. The molecule has 1 saturated heterocycles. The minimum Gasteiger partial charge on any atom is -0.329 e. The fraction of sp³-hybridized carbons (Fsp3) is 1.00. The van der Waals surface area contributed by atoms with Crippen LogP contribution in [0.4, 0.5) is 0 Å². The molecule has 16 heavy (non-hydrogen) atoms. The van der Waals surface area contributed by atoms with E-state index in [4.69, 9.17) is 5.73 Å². The summed E-state index contributed by atoms with van der Waals surface area (Å²) in [6, 6.07) is 0.644. The Morgan fingerprint density at radius 3 is 2.56 bits per heavy atom. The highest BCUT2D eigenvalue weighted by molar-refractivity contribution is 8.00. The number of hydrogen-bond acceptors (Lipinski definition) is 3. The first kappa shape index (κ1) is 14.3. The molecule has 0 aromatic rings. The maximum Gasteiger partial charge on any atom is 0.0309 e. The third-order valence-corrected chi connectivity index (χ3v) is 5.20. The summed E-state index contributed by atoms with van der Waals surface area (Å²) in [7, 11) is 0. The molecule has 2 nitrogen and oxygen atoms in total. The summed E-state index contributed by atoms with van der Waals surface area (Å²) < 4.78 is 0. The van der Waals surface area contributed by atoms with Crippen LogP contribution in [-0.4, -0.2) is 40.6 Å². The van der Waals surface area contributed by atoms with Gasteiger partial charge in [-0.15, -0.1) is 0 Å². The zero-order chi connectivity index (χ0) is 12.3. The van der Waals surface area contributed by atoms with Crippen molar-refractivity contribution in [2.45, 2.75) is 57.9 Å². The predicted molar refractivity (Wildman–Crippen MR) is 75.0 cm³/mol. The third kappa shape index (κ3) is 3.14. The molecule has 0 aliphatic carbocycles. The molecule has 3 unspecified atom stereocenters. The van der Waals surface area contributed by atoms with Gasteiger partial charge in [-0.2, -0.15) is 11.8 Å². The smallest absolute Gasteiger partial charge is 0.0309 e. The van der Waals surface area contributed by atoms with Crippen molar-refractivity contribution in [1.82, 2.24) is 4.90 Å². The Kier molecular flexibility index (Phi) is 5.14. The van der Waals surface area contributed by atoms with E-state index in [-0.39, 0.29) is 5.54 Å². The van der Waals surface area contributed by atoms with Crippen molar-refractivity contribution in [2.75, 3.05) is 18.8 Å². The van der Waals surface area contributed by atoms with E-state index >= 15 is 0 Å². The van der Waals surface area contributed by atoms with Crippen LogP contribution in [0.5, 0.6) is 0 Å². The largest absolute Gasteiger partial charge is 0.329 e. The molecule has 96 valence electrons. The van der Waals surface area contributed by atoms with E-state index in [2.05, 4.69) is 51.3 Å². The fourth-order valence-corrected chi connectivity index (χ4v) is 3.99. The molecular formula is C13H28N2S. The summed E-state index contributed by atoms with van der Waals surface area (Å²) in [5, 5.41) is 0.729. The fourth-order valence-electron chi connectivity index (χ4n) is 2.89. The van der Waals surface area contributed by atoms with Crippen molar-refractivity contribution in [3.63, 3.8) is 0 Å². The van der Waals surface area contributed by atoms with Crippen molar-refractivity contribution >= 4 is 11.8 Å². The summed E-state index contributed by atoms with van der Waals surface area (Å²) in [4.78, 5) is 2.65. The van der Waals surface area contributed by atoms with Gasteiger partial charge in [0.25, 0.3) is 0 Å². The first-order valence-electron chi connectivity index (χ1n) is 6.49. The van der Waals surface area contributed by atoms with Crippen LogP contribution in [0.15, 0.2) is 0 Å². The molecule has 3 heteroatoms. The van der Waals surface area contributed by atoms with E-state index in [1.807, 2.05) is 0 Å². The van der Waals surface area contributed by atoms with Crippen molar-refractivity contribution in [3.8, 4) is 0 Å². The quantitative estimate of drug-likeness (QED) is 0.824. The van der Waals surface area contributed by atoms with Crippen LogP contribution in [0.3, 0.4) is 0 Å². The van der Waals surface area contributed by atoms with Crippen LogP contribution in [0.25, 0.3) is 0 Å². The summed E-state index contributed by atoms with van der Waals surface area (Å²) >= 11 is 2.09. The predicted octanol–water partition coefficient (Wildman–Crippen LogP) is 2.58. The zero-order valence-electron chi connectivity index (χ0n) is 11.5. The van der Waals surface area contributed by atoms with Gasteiger partial charge >= 0.3 is 0 Å². The topological polar surface area (TPSA) is 29.3 Å². The Balaban J connectivity index is 2.77. The maximum absolute atomic E-state index is 6.05. The molecule has 0 spiro atoms. The Labute approximate surface area is 105 Å². The molecule has 1 fully saturated rings. The van der Waals surface area contributed by atoms with Crippen molar-refractivity contribution in [1.29, 1.82) is 0 Å². The van der Waals surface area contributed by atoms with Crippen LogP contribution in [-0.2, 0) is 0 Å². The molecular weight excluding hydrogens is 216 g/mol. The number of nitrogens with zero attached hydrogens (tertiary/aromatic N) is 1. The van der Waals surface area contributed by atoms with E-state index in [9.17, 15) is 0 Å². The van der Waals surface area contributed by atoms with Gasteiger partial charge in [-0.1, -0.05) is 20.8 Å². The van der Waals surface area contributed by atoms with E-state index in [1.54, 1.807) is 0 Å². The molecule has 1 rings (SSSR count). The lowest BCUT2D eigenvalue weighted by Crippen LogP contribution is -2.60. The Hall–Kier alpha value is 0.270. The Bertz CT molecular complexity index is 220. The highest BCUT2D eigenvalue weighted by Crippen LogP contribution is 2.32. The van der Waals surface area contributed by atoms with E-state index in [1.165, 1.54) is 18.7 Å². The second-order valence-corrected chi connectivity index (χ2v) is 7.29. The number of rotatable bonds is 4. The minimum atomic E-state index is 0.183. The van der Waals surface area contributed by atoms with Gasteiger partial charge in [-0.25, -0.2) is 0 Å². The number of thioether (sulfide) groups is 1. The number of nitrogens with two attached hydrogens (primary N) is 1. The average Bonchev–Trinajstić information content (AvgIpc) is 2.21. The highest BCUT2D eigenvalue weighted by atomic mass is 32.2. The van der Waals surface area contributed by atoms with Crippen LogP contribution in [0.2, 0.25) is 0 Å².